The summed E-state index contributed by atoms with van der Waals surface area (Å²) in [6, 6.07) is 13.8. The molecule has 9 heteroatoms. The summed E-state index contributed by atoms with van der Waals surface area (Å²) in [6.07, 6.45) is 4.24. The molecule has 0 spiro atoms. The van der Waals surface area contributed by atoms with Crippen LogP contribution < -0.4 is 0 Å². The van der Waals surface area contributed by atoms with Crippen LogP contribution in [0.15, 0.2) is 53.1 Å². The van der Waals surface area contributed by atoms with Crippen LogP contribution in [0.2, 0.25) is 10.0 Å². The van der Waals surface area contributed by atoms with Crippen molar-refractivity contribution in [1.82, 2.24) is 19.9 Å². The highest BCUT2D eigenvalue weighted by atomic mass is 35.5. The highest BCUT2D eigenvalue weighted by molar-refractivity contribution is 6.33. The summed E-state index contributed by atoms with van der Waals surface area (Å²) in [5.74, 6) is 0.435. The molecule has 1 aliphatic heterocycles. The average molecular weight is 515 g/mol. The molecule has 35 heavy (non-hydrogen) atoms. The number of benzene rings is 2. The molecular weight excluding hydrogens is 487 g/mol. The number of rotatable bonds is 8. The van der Waals surface area contributed by atoms with Crippen molar-refractivity contribution < 1.29 is 14.1 Å². The second-order valence-electron chi connectivity index (χ2n) is 8.63. The molecule has 1 saturated heterocycles. The lowest BCUT2D eigenvalue weighted by molar-refractivity contribution is -0.136. The largest absolute Gasteiger partial charge is 0.337 e. The van der Waals surface area contributed by atoms with Crippen molar-refractivity contribution in [2.24, 2.45) is 0 Å². The topological polar surface area (TPSA) is 79.5 Å². The van der Waals surface area contributed by atoms with E-state index in [1.165, 1.54) is 0 Å². The molecule has 0 saturated carbocycles. The molecule has 2 amide bonds. The van der Waals surface area contributed by atoms with Crippen LogP contribution in [-0.2, 0) is 4.79 Å². The van der Waals surface area contributed by atoms with E-state index in [0.29, 0.717) is 40.4 Å². The Kier molecular flexibility index (Phi) is 8.42. The SMILES string of the molecule is CCCCN(CC(=O)N1CCCC[C@H]1c1nc(-c2cccc(Cl)c2)no1)C(=O)c1ccccc1Cl. The maximum Gasteiger partial charge on any atom is 0.255 e. The third-order valence-electron chi connectivity index (χ3n) is 6.13. The average Bonchev–Trinajstić information content (AvgIpc) is 3.37. The second kappa shape index (κ2) is 11.7. The van der Waals surface area contributed by atoms with Gasteiger partial charge in [-0.3, -0.25) is 9.59 Å². The fourth-order valence-electron chi connectivity index (χ4n) is 4.26. The van der Waals surface area contributed by atoms with Gasteiger partial charge in [0.25, 0.3) is 5.91 Å². The molecule has 1 aromatic heterocycles. The van der Waals surface area contributed by atoms with Gasteiger partial charge in [0.2, 0.25) is 17.6 Å². The Morgan fingerprint density at radius 3 is 2.74 bits per heavy atom. The zero-order valence-corrected chi connectivity index (χ0v) is 21.1. The molecule has 7 nitrogen and oxygen atoms in total. The molecule has 1 atom stereocenters. The van der Waals surface area contributed by atoms with Gasteiger partial charge in [0.05, 0.1) is 10.6 Å². The molecule has 2 heterocycles. The van der Waals surface area contributed by atoms with Crippen LogP contribution in [0.1, 0.15) is 61.3 Å². The summed E-state index contributed by atoms with van der Waals surface area (Å²) >= 11 is 12.4. The molecule has 0 radical (unpaired) electrons. The first-order valence-corrected chi connectivity index (χ1v) is 12.7. The zero-order valence-electron chi connectivity index (χ0n) is 19.6. The van der Waals surface area contributed by atoms with Crippen LogP contribution in [0.3, 0.4) is 0 Å². The lowest BCUT2D eigenvalue weighted by atomic mass is 10.0. The number of aromatic nitrogens is 2. The predicted octanol–water partition coefficient (Wildman–Crippen LogP) is 6.04. The number of unbranched alkanes of at least 4 members (excludes halogenated alkanes) is 1. The number of piperidine rings is 1. The minimum atomic E-state index is -0.333. The van der Waals surface area contributed by atoms with Crippen molar-refractivity contribution in [1.29, 1.82) is 0 Å². The minimum Gasteiger partial charge on any atom is -0.337 e. The molecule has 0 unspecified atom stereocenters. The number of likely N-dealkylation sites (tertiary alicyclic amines) is 1. The van der Waals surface area contributed by atoms with Crippen LogP contribution in [0.5, 0.6) is 0 Å². The van der Waals surface area contributed by atoms with Crippen LogP contribution >= 0.6 is 23.2 Å². The third-order valence-corrected chi connectivity index (χ3v) is 6.70. The summed E-state index contributed by atoms with van der Waals surface area (Å²) < 4.78 is 5.59. The first-order chi connectivity index (χ1) is 17.0. The third kappa shape index (κ3) is 6.03. The summed E-state index contributed by atoms with van der Waals surface area (Å²) in [7, 11) is 0. The first kappa shape index (κ1) is 25.2. The Morgan fingerprint density at radius 1 is 1.14 bits per heavy atom. The summed E-state index contributed by atoms with van der Waals surface area (Å²) in [6.45, 7) is 3.06. The normalized spacial score (nSPS) is 15.7. The highest BCUT2D eigenvalue weighted by Gasteiger charge is 2.34. The van der Waals surface area contributed by atoms with Gasteiger partial charge in [0, 0.05) is 23.7 Å². The van der Waals surface area contributed by atoms with E-state index in [1.54, 1.807) is 46.2 Å². The lowest BCUT2D eigenvalue weighted by Crippen LogP contribution is -2.46. The van der Waals surface area contributed by atoms with Crippen LogP contribution in [0.4, 0.5) is 0 Å². The van der Waals surface area contributed by atoms with Crippen LogP contribution in [0, 0.1) is 0 Å². The van der Waals surface area contributed by atoms with Gasteiger partial charge in [-0.05, 0) is 49.9 Å². The van der Waals surface area contributed by atoms with Gasteiger partial charge in [0.15, 0.2) is 0 Å². The highest BCUT2D eigenvalue weighted by Crippen LogP contribution is 2.32. The monoisotopic (exact) mass is 514 g/mol. The molecule has 3 aromatic rings. The summed E-state index contributed by atoms with van der Waals surface area (Å²) in [5.41, 5.74) is 1.15. The minimum absolute atomic E-state index is 0.0319. The number of carbonyl (C=O) groups excluding carboxylic acids is 2. The quantitative estimate of drug-likeness (QED) is 0.366. The van der Waals surface area contributed by atoms with Crippen molar-refractivity contribution >= 4 is 35.0 Å². The second-order valence-corrected chi connectivity index (χ2v) is 9.47. The van der Waals surface area contributed by atoms with Crippen molar-refractivity contribution in [3.05, 3.63) is 70.0 Å². The fourth-order valence-corrected chi connectivity index (χ4v) is 4.67. The van der Waals surface area contributed by atoms with E-state index in [2.05, 4.69) is 10.1 Å². The standard InChI is InChI=1S/C26H28Cl2N4O3/c1-2-3-14-31(26(34)20-11-4-5-12-21(20)28)17-23(33)32-15-7-6-13-22(32)25-29-24(30-35-25)18-9-8-10-19(27)16-18/h4-5,8-12,16,22H,2-3,6-7,13-15,17H2,1H3/t22-/m0/s1. The molecule has 0 N–H and O–H groups in total. The van der Waals surface area contributed by atoms with Gasteiger partial charge in [-0.15, -0.1) is 0 Å². The molecule has 2 aromatic carbocycles. The first-order valence-electron chi connectivity index (χ1n) is 11.9. The van der Waals surface area contributed by atoms with Gasteiger partial charge >= 0.3 is 0 Å². The van der Waals surface area contributed by atoms with Gasteiger partial charge in [0.1, 0.15) is 12.6 Å². The molecule has 0 bridgehead atoms. The van der Waals surface area contributed by atoms with Crippen LogP contribution in [0.25, 0.3) is 11.4 Å². The van der Waals surface area contributed by atoms with Crippen LogP contribution in [-0.4, -0.2) is 51.4 Å². The molecule has 1 fully saturated rings. The Hall–Kier alpha value is -2.90. The Balaban J connectivity index is 1.53. The van der Waals surface area contributed by atoms with E-state index < -0.39 is 0 Å². The zero-order chi connectivity index (χ0) is 24.8. The fraction of sp³-hybridized carbons (Fsp3) is 0.385. The van der Waals surface area contributed by atoms with Crippen molar-refractivity contribution in [2.75, 3.05) is 19.6 Å². The maximum atomic E-state index is 13.5. The summed E-state index contributed by atoms with van der Waals surface area (Å²) in [5, 5.41) is 5.07. The number of halogens is 2. The molecule has 0 aliphatic carbocycles. The van der Waals surface area contributed by atoms with Gasteiger partial charge < -0.3 is 14.3 Å². The number of hydrogen-bond donors (Lipinski definition) is 0. The van der Waals surface area contributed by atoms with Gasteiger partial charge in [-0.1, -0.05) is 66.0 Å². The van der Waals surface area contributed by atoms with E-state index in [0.717, 1.165) is 37.7 Å². The predicted molar refractivity (Wildman–Crippen MR) is 135 cm³/mol. The number of amides is 2. The van der Waals surface area contributed by atoms with Gasteiger partial charge in [-0.25, -0.2) is 0 Å². The van der Waals surface area contributed by atoms with E-state index >= 15 is 0 Å². The van der Waals surface area contributed by atoms with Crippen molar-refractivity contribution in [3.8, 4) is 11.4 Å². The van der Waals surface area contributed by atoms with Crippen molar-refractivity contribution in [3.63, 3.8) is 0 Å². The van der Waals surface area contributed by atoms with E-state index in [9.17, 15) is 9.59 Å². The van der Waals surface area contributed by atoms with E-state index in [1.807, 2.05) is 19.1 Å². The maximum absolute atomic E-state index is 13.5. The number of carbonyl (C=O) groups is 2. The van der Waals surface area contributed by atoms with Crippen molar-refractivity contribution in [2.45, 2.75) is 45.1 Å². The molecule has 4 rings (SSSR count). The molecular formula is C26H28Cl2N4O3. The summed E-state index contributed by atoms with van der Waals surface area (Å²) in [4.78, 5) is 34.7. The Morgan fingerprint density at radius 2 is 1.97 bits per heavy atom. The number of hydrogen-bond acceptors (Lipinski definition) is 5. The van der Waals surface area contributed by atoms with E-state index in [4.69, 9.17) is 27.7 Å². The molecule has 1 aliphatic rings. The smallest absolute Gasteiger partial charge is 0.255 e. The number of nitrogens with zero attached hydrogens (tertiary/aromatic N) is 4. The van der Waals surface area contributed by atoms with Gasteiger partial charge in [-0.2, -0.15) is 4.98 Å². The van der Waals surface area contributed by atoms with E-state index in [-0.39, 0.29) is 24.4 Å². The Labute approximate surface area is 215 Å². The molecule has 184 valence electrons. The lowest BCUT2D eigenvalue weighted by Gasteiger charge is -2.35. The Bertz CT molecular complexity index is 1180.